The molecule has 0 fully saturated rings. The van der Waals surface area contributed by atoms with Gasteiger partial charge in [0.15, 0.2) is 6.29 Å². The van der Waals surface area contributed by atoms with Crippen molar-refractivity contribution >= 4 is 17.9 Å². The first-order chi connectivity index (χ1) is 9.05. The Bertz CT molecular complexity index is 350. The molecular formula is C12H20O8. The van der Waals surface area contributed by atoms with Gasteiger partial charge in [-0.05, 0) is 13.8 Å². The molecule has 0 aliphatic carbocycles. The molecule has 4 atom stereocenters. The highest BCUT2D eigenvalue weighted by atomic mass is 16.4. The molecule has 0 aliphatic rings. The van der Waals surface area contributed by atoms with Gasteiger partial charge in [0, 0.05) is 12.8 Å². The monoisotopic (exact) mass is 292 g/mol. The van der Waals surface area contributed by atoms with Gasteiger partial charge in [-0.15, -0.1) is 0 Å². The second-order valence-electron chi connectivity index (χ2n) is 4.91. The van der Waals surface area contributed by atoms with Crippen molar-refractivity contribution in [2.75, 3.05) is 0 Å². The molecule has 0 spiro atoms. The van der Waals surface area contributed by atoms with Crippen molar-refractivity contribution in [1.29, 1.82) is 0 Å². The van der Waals surface area contributed by atoms with Gasteiger partial charge in [-0.3, -0.25) is 9.59 Å². The standard InChI is InChI=1S/C12H20O8/c1-6(14)3-12(20,4-7(2)15)11(19)10(18)9(17)8(16)5-13/h5,8-11,16-20H,3-4H2,1-2H3/t8-,9-,10+,11+/m1/s1. The van der Waals surface area contributed by atoms with E-state index in [2.05, 4.69) is 0 Å². The summed E-state index contributed by atoms with van der Waals surface area (Å²) >= 11 is 0. The Morgan fingerprint density at radius 1 is 1.00 bits per heavy atom. The number of Topliss-reactive ketones (excluding diaryl/α,β-unsaturated/α-hetero) is 2. The van der Waals surface area contributed by atoms with E-state index in [1.165, 1.54) is 0 Å². The van der Waals surface area contributed by atoms with Crippen LogP contribution in [0.2, 0.25) is 0 Å². The number of hydrogen-bond donors (Lipinski definition) is 5. The van der Waals surface area contributed by atoms with Crippen LogP contribution >= 0.6 is 0 Å². The van der Waals surface area contributed by atoms with Crippen molar-refractivity contribution in [2.45, 2.75) is 56.7 Å². The molecule has 0 saturated heterocycles. The maximum atomic E-state index is 11.1. The van der Waals surface area contributed by atoms with Gasteiger partial charge in [0.25, 0.3) is 0 Å². The molecule has 0 aromatic carbocycles. The number of carbonyl (C=O) groups excluding carboxylic acids is 3. The Labute approximate surface area is 115 Å². The van der Waals surface area contributed by atoms with Crippen LogP contribution in [0.5, 0.6) is 0 Å². The Morgan fingerprint density at radius 3 is 1.70 bits per heavy atom. The van der Waals surface area contributed by atoms with Crippen molar-refractivity contribution in [3.63, 3.8) is 0 Å². The van der Waals surface area contributed by atoms with E-state index in [1.807, 2.05) is 0 Å². The molecular weight excluding hydrogens is 272 g/mol. The number of aliphatic hydroxyl groups is 5. The Balaban J connectivity index is 5.20. The van der Waals surface area contributed by atoms with Crippen molar-refractivity contribution in [2.24, 2.45) is 0 Å². The highest BCUT2D eigenvalue weighted by molar-refractivity contribution is 5.80. The zero-order valence-corrected chi connectivity index (χ0v) is 11.3. The average molecular weight is 292 g/mol. The summed E-state index contributed by atoms with van der Waals surface area (Å²) in [4.78, 5) is 32.5. The number of hydrogen-bond acceptors (Lipinski definition) is 8. The summed E-state index contributed by atoms with van der Waals surface area (Å²) in [6.45, 7) is 2.22. The Kier molecular flexibility index (Phi) is 7.11. The molecule has 0 amide bonds. The number of aliphatic hydroxyl groups excluding tert-OH is 4. The van der Waals surface area contributed by atoms with Gasteiger partial charge in [-0.2, -0.15) is 0 Å². The van der Waals surface area contributed by atoms with Crippen LogP contribution in [0, 0.1) is 0 Å². The molecule has 5 N–H and O–H groups in total. The van der Waals surface area contributed by atoms with Crippen molar-refractivity contribution in [3.8, 4) is 0 Å². The highest BCUT2D eigenvalue weighted by Crippen LogP contribution is 2.25. The van der Waals surface area contributed by atoms with Crippen LogP contribution in [0.1, 0.15) is 26.7 Å². The zero-order chi connectivity index (χ0) is 16.1. The Morgan fingerprint density at radius 2 is 1.40 bits per heavy atom. The molecule has 0 saturated carbocycles. The minimum absolute atomic E-state index is 0.0599. The van der Waals surface area contributed by atoms with Gasteiger partial charge in [0.2, 0.25) is 0 Å². The lowest BCUT2D eigenvalue weighted by Gasteiger charge is -2.36. The predicted octanol–water partition coefficient (Wildman–Crippen LogP) is -2.68. The van der Waals surface area contributed by atoms with Crippen LogP contribution in [0.15, 0.2) is 0 Å². The van der Waals surface area contributed by atoms with Gasteiger partial charge < -0.3 is 30.3 Å². The lowest BCUT2D eigenvalue weighted by atomic mass is 9.81. The van der Waals surface area contributed by atoms with Crippen molar-refractivity contribution in [3.05, 3.63) is 0 Å². The molecule has 116 valence electrons. The fraction of sp³-hybridized carbons (Fsp3) is 0.750. The van der Waals surface area contributed by atoms with Gasteiger partial charge >= 0.3 is 0 Å². The van der Waals surface area contributed by atoms with Crippen LogP contribution in [0.25, 0.3) is 0 Å². The first-order valence-corrected chi connectivity index (χ1v) is 5.94. The third-order valence-corrected chi connectivity index (χ3v) is 2.82. The van der Waals surface area contributed by atoms with Crippen LogP contribution in [-0.4, -0.2) is 73.4 Å². The van der Waals surface area contributed by atoms with Crippen LogP contribution in [-0.2, 0) is 14.4 Å². The summed E-state index contributed by atoms with van der Waals surface area (Å²) in [6.07, 6.45) is -9.57. The molecule has 8 heteroatoms. The molecule has 0 aliphatic heterocycles. The first kappa shape index (κ1) is 18.8. The van der Waals surface area contributed by atoms with Gasteiger partial charge in [-0.25, -0.2) is 0 Å². The molecule has 0 rings (SSSR count). The number of aldehydes is 1. The van der Waals surface area contributed by atoms with E-state index >= 15 is 0 Å². The maximum absolute atomic E-state index is 11.1. The largest absolute Gasteiger partial charge is 0.387 e. The zero-order valence-electron chi connectivity index (χ0n) is 11.3. The van der Waals surface area contributed by atoms with Gasteiger partial charge in [0.05, 0.1) is 0 Å². The molecule has 0 heterocycles. The van der Waals surface area contributed by atoms with Crippen LogP contribution in [0.3, 0.4) is 0 Å². The van der Waals surface area contributed by atoms with E-state index in [1.54, 1.807) is 0 Å². The first-order valence-electron chi connectivity index (χ1n) is 5.94. The maximum Gasteiger partial charge on any atom is 0.151 e. The lowest BCUT2D eigenvalue weighted by Crippen LogP contribution is -2.56. The second kappa shape index (κ2) is 7.55. The fourth-order valence-corrected chi connectivity index (χ4v) is 1.92. The quantitative estimate of drug-likeness (QED) is 0.288. The summed E-state index contributed by atoms with van der Waals surface area (Å²) in [7, 11) is 0. The molecule has 0 bridgehead atoms. The summed E-state index contributed by atoms with van der Waals surface area (Å²) in [5.74, 6) is -1.10. The normalized spacial score (nSPS) is 17.9. The minimum Gasteiger partial charge on any atom is -0.387 e. The van der Waals surface area contributed by atoms with Gasteiger partial charge in [-0.1, -0.05) is 0 Å². The van der Waals surface area contributed by atoms with E-state index in [9.17, 15) is 34.8 Å². The fourth-order valence-electron chi connectivity index (χ4n) is 1.92. The summed E-state index contributed by atoms with van der Waals surface area (Å²) < 4.78 is 0. The van der Waals surface area contributed by atoms with E-state index in [0.717, 1.165) is 13.8 Å². The van der Waals surface area contributed by atoms with Crippen LogP contribution in [0.4, 0.5) is 0 Å². The van der Waals surface area contributed by atoms with E-state index in [-0.39, 0.29) is 6.29 Å². The van der Waals surface area contributed by atoms with Crippen molar-refractivity contribution in [1.82, 2.24) is 0 Å². The van der Waals surface area contributed by atoms with E-state index < -0.39 is 54.4 Å². The third-order valence-electron chi connectivity index (χ3n) is 2.82. The summed E-state index contributed by atoms with van der Waals surface area (Å²) in [6, 6.07) is 0. The second-order valence-corrected chi connectivity index (χ2v) is 4.91. The van der Waals surface area contributed by atoms with Gasteiger partial charge in [0.1, 0.15) is 41.6 Å². The number of ketones is 2. The number of rotatable bonds is 9. The molecule has 8 nitrogen and oxygen atoms in total. The summed E-state index contributed by atoms with van der Waals surface area (Å²) in [5.41, 5.74) is -2.29. The minimum atomic E-state index is -2.29. The van der Waals surface area contributed by atoms with Crippen molar-refractivity contribution < 1.29 is 39.9 Å². The van der Waals surface area contributed by atoms with E-state index in [0.29, 0.717) is 0 Å². The van der Waals surface area contributed by atoms with E-state index in [4.69, 9.17) is 5.11 Å². The smallest absolute Gasteiger partial charge is 0.151 e. The summed E-state index contributed by atoms with van der Waals surface area (Å²) in [5, 5.41) is 48.2. The third kappa shape index (κ3) is 5.06. The molecule has 0 radical (unpaired) electrons. The highest BCUT2D eigenvalue weighted by Gasteiger charge is 2.45. The molecule has 0 aromatic rings. The van der Waals surface area contributed by atoms with Crippen LogP contribution < -0.4 is 0 Å². The molecule has 20 heavy (non-hydrogen) atoms. The molecule has 0 unspecified atom stereocenters. The molecule has 0 aromatic heterocycles. The lowest BCUT2D eigenvalue weighted by molar-refractivity contribution is -0.177. The Hall–Kier alpha value is -1.19. The average Bonchev–Trinajstić information content (AvgIpc) is 2.32. The SMILES string of the molecule is CC(=O)CC(O)(CC(C)=O)[C@@H](O)[C@@H](O)[C@H](O)[C@H](O)C=O. The topological polar surface area (TPSA) is 152 Å². The predicted molar refractivity (Wildman–Crippen MR) is 65.6 cm³/mol. The number of carbonyl (C=O) groups is 3.